The number of hydrogen-bond acceptors (Lipinski definition) is 5. The first kappa shape index (κ1) is 21.1. The number of amides is 1. The highest BCUT2D eigenvalue weighted by Gasteiger charge is 2.23. The van der Waals surface area contributed by atoms with Crippen LogP contribution in [0.1, 0.15) is 16.1 Å². The van der Waals surface area contributed by atoms with Crippen molar-refractivity contribution in [1.29, 1.82) is 0 Å². The van der Waals surface area contributed by atoms with Crippen LogP contribution in [0.4, 0.5) is 0 Å². The van der Waals surface area contributed by atoms with E-state index in [4.69, 9.17) is 4.74 Å². The van der Waals surface area contributed by atoms with E-state index in [0.29, 0.717) is 22.3 Å². The number of carbonyl (C=O) groups excluding carboxylic acids is 1. The van der Waals surface area contributed by atoms with Gasteiger partial charge in [-0.1, -0.05) is 48.5 Å². The van der Waals surface area contributed by atoms with Crippen LogP contribution in [0.5, 0.6) is 5.75 Å². The smallest absolute Gasteiger partial charge is 0.294 e. The number of rotatable bonds is 5. The Hall–Kier alpha value is -4.72. The fourth-order valence-corrected chi connectivity index (χ4v) is 3.99. The number of ether oxygens (including phenoxy) is 1. The summed E-state index contributed by atoms with van der Waals surface area (Å²) in [4.78, 5) is 26.8. The van der Waals surface area contributed by atoms with Crippen molar-refractivity contribution in [3.8, 4) is 11.4 Å². The van der Waals surface area contributed by atoms with E-state index in [1.165, 1.54) is 4.68 Å². The zero-order chi connectivity index (χ0) is 23.7. The minimum Gasteiger partial charge on any atom is -0.497 e. The van der Waals surface area contributed by atoms with Gasteiger partial charge < -0.3 is 9.30 Å². The Morgan fingerprint density at radius 1 is 1.00 bits per heavy atom. The molecule has 8 heteroatoms. The lowest BCUT2D eigenvalue weighted by molar-refractivity contribution is 0.0950. The first-order valence-corrected chi connectivity index (χ1v) is 10.6. The van der Waals surface area contributed by atoms with Gasteiger partial charge >= 0.3 is 0 Å². The summed E-state index contributed by atoms with van der Waals surface area (Å²) in [6.07, 6.45) is 1.55. The summed E-state index contributed by atoms with van der Waals surface area (Å²) < 4.78 is 8.27. The van der Waals surface area contributed by atoms with E-state index in [2.05, 4.69) is 15.6 Å². The molecule has 0 spiro atoms. The maximum absolute atomic E-state index is 13.6. The van der Waals surface area contributed by atoms with E-state index >= 15 is 0 Å². The van der Waals surface area contributed by atoms with Gasteiger partial charge in [0.05, 0.1) is 29.9 Å². The van der Waals surface area contributed by atoms with Crippen molar-refractivity contribution in [2.45, 2.75) is 0 Å². The summed E-state index contributed by atoms with van der Waals surface area (Å²) in [5.74, 6) is 0.126. The molecule has 0 radical (unpaired) electrons. The van der Waals surface area contributed by atoms with Gasteiger partial charge in [-0.2, -0.15) is 14.9 Å². The summed E-state index contributed by atoms with van der Waals surface area (Å²) in [6.45, 7) is 0. The Morgan fingerprint density at radius 2 is 1.71 bits per heavy atom. The monoisotopic (exact) mass is 451 g/mol. The van der Waals surface area contributed by atoms with E-state index in [9.17, 15) is 9.59 Å². The molecule has 0 unspecified atom stereocenters. The summed E-state index contributed by atoms with van der Waals surface area (Å²) in [6, 6.07) is 23.9. The topological polar surface area (TPSA) is 90.5 Å². The number of hydrazone groups is 1. The molecular weight excluding hydrogens is 430 g/mol. The average Bonchev–Trinajstić information content (AvgIpc) is 3.18. The Morgan fingerprint density at radius 3 is 2.44 bits per heavy atom. The molecule has 0 atom stereocenters. The van der Waals surface area contributed by atoms with Crippen LogP contribution in [0, 0.1) is 0 Å². The molecule has 0 aliphatic heterocycles. The number of aryl methyl sites for hydroxylation is 1. The van der Waals surface area contributed by atoms with Gasteiger partial charge in [-0.25, -0.2) is 5.43 Å². The van der Waals surface area contributed by atoms with Crippen molar-refractivity contribution in [2.24, 2.45) is 12.1 Å². The zero-order valence-electron chi connectivity index (χ0n) is 18.6. The number of benzene rings is 3. The van der Waals surface area contributed by atoms with Crippen LogP contribution in [-0.2, 0) is 7.05 Å². The quantitative estimate of drug-likeness (QED) is 0.326. The SMILES string of the molecule is COc1ccc(-n2nc(C(=O)N/N=C/c3ccccc3)c3c(c2=O)c2ccccc2n3C)cc1. The second-order valence-corrected chi connectivity index (χ2v) is 7.67. The molecule has 1 amide bonds. The van der Waals surface area contributed by atoms with Crippen LogP contribution in [0.15, 0.2) is 88.8 Å². The van der Waals surface area contributed by atoms with Gasteiger partial charge in [-0.3, -0.25) is 9.59 Å². The van der Waals surface area contributed by atoms with Crippen molar-refractivity contribution >= 4 is 33.9 Å². The Bertz CT molecular complexity index is 1600. The van der Waals surface area contributed by atoms with Crippen molar-refractivity contribution in [3.63, 3.8) is 0 Å². The van der Waals surface area contributed by atoms with Crippen molar-refractivity contribution in [2.75, 3.05) is 7.11 Å². The maximum atomic E-state index is 13.6. The number of methoxy groups -OCH3 is 1. The van der Waals surface area contributed by atoms with Crippen molar-refractivity contribution < 1.29 is 9.53 Å². The normalized spacial score (nSPS) is 11.4. The highest BCUT2D eigenvalue weighted by Crippen LogP contribution is 2.27. The molecule has 8 nitrogen and oxygen atoms in total. The molecule has 168 valence electrons. The van der Waals surface area contributed by atoms with Crippen LogP contribution in [0.3, 0.4) is 0 Å². The molecule has 1 N–H and O–H groups in total. The average molecular weight is 451 g/mol. The molecule has 2 aromatic heterocycles. The molecule has 0 fully saturated rings. The van der Waals surface area contributed by atoms with Gasteiger partial charge in [0, 0.05) is 18.0 Å². The lowest BCUT2D eigenvalue weighted by Crippen LogP contribution is -2.28. The molecule has 0 saturated carbocycles. The van der Waals surface area contributed by atoms with E-state index in [1.54, 1.807) is 37.6 Å². The molecule has 2 heterocycles. The highest BCUT2D eigenvalue weighted by atomic mass is 16.5. The van der Waals surface area contributed by atoms with Crippen molar-refractivity contribution in [3.05, 3.63) is 100 Å². The minimum absolute atomic E-state index is 0.0920. The van der Waals surface area contributed by atoms with Crippen LogP contribution < -0.4 is 15.7 Å². The maximum Gasteiger partial charge on any atom is 0.294 e. The Balaban J connectivity index is 1.69. The molecule has 0 aliphatic rings. The van der Waals surface area contributed by atoms with E-state index < -0.39 is 5.91 Å². The minimum atomic E-state index is -0.523. The fourth-order valence-electron chi connectivity index (χ4n) is 3.99. The number of para-hydroxylation sites is 1. The first-order chi connectivity index (χ1) is 16.6. The third-order valence-corrected chi connectivity index (χ3v) is 5.65. The molecule has 0 aliphatic carbocycles. The third kappa shape index (κ3) is 3.61. The largest absolute Gasteiger partial charge is 0.497 e. The van der Waals surface area contributed by atoms with Gasteiger partial charge in [0.15, 0.2) is 5.69 Å². The zero-order valence-corrected chi connectivity index (χ0v) is 18.6. The Kier molecular flexibility index (Phi) is 5.39. The van der Waals surface area contributed by atoms with Gasteiger partial charge in [0.25, 0.3) is 11.5 Å². The molecular formula is C26H21N5O3. The summed E-state index contributed by atoms with van der Waals surface area (Å²) in [5.41, 5.74) is 4.95. The van der Waals surface area contributed by atoms with E-state index in [1.807, 2.05) is 66.2 Å². The third-order valence-electron chi connectivity index (χ3n) is 5.65. The van der Waals surface area contributed by atoms with E-state index in [-0.39, 0.29) is 11.3 Å². The molecule has 3 aromatic carbocycles. The van der Waals surface area contributed by atoms with E-state index in [0.717, 1.165) is 16.5 Å². The second kappa shape index (κ2) is 8.67. The first-order valence-electron chi connectivity index (χ1n) is 10.6. The summed E-state index contributed by atoms with van der Waals surface area (Å²) >= 11 is 0. The number of hydrogen-bond donors (Lipinski definition) is 1. The van der Waals surface area contributed by atoms with Crippen molar-refractivity contribution in [1.82, 2.24) is 19.8 Å². The molecule has 0 bridgehead atoms. The molecule has 0 saturated heterocycles. The second-order valence-electron chi connectivity index (χ2n) is 7.67. The standard InChI is InChI=1S/C26H21N5O3/c1-30-21-11-7-6-10-20(21)22-24(30)23(25(32)28-27-16-17-8-4-3-5-9-17)29-31(26(22)33)18-12-14-19(34-2)15-13-18/h3-16H,1-2H3,(H,28,32)/b27-16+. The molecule has 5 aromatic rings. The van der Waals surface area contributed by atoms with Gasteiger partial charge in [-0.05, 0) is 35.9 Å². The number of fused-ring (bicyclic) bond motifs is 3. The fraction of sp³-hybridized carbons (Fsp3) is 0.0769. The highest BCUT2D eigenvalue weighted by molar-refractivity contribution is 6.14. The van der Waals surface area contributed by atoms with Gasteiger partial charge in [0.2, 0.25) is 0 Å². The number of nitrogens with zero attached hydrogens (tertiary/aromatic N) is 4. The molecule has 5 rings (SSSR count). The number of nitrogens with one attached hydrogen (secondary N) is 1. The van der Waals surface area contributed by atoms with Crippen LogP contribution in [0.25, 0.3) is 27.5 Å². The van der Waals surface area contributed by atoms with Gasteiger partial charge in [-0.15, -0.1) is 0 Å². The summed E-state index contributed by atoms with van der Waals surface area (Å²) in [5, 5.41) is 9.71. The lowest BCUT2D eigenvalue weighted by Gasteiger charge is -2.10. The van der Waals surface area contributed by atoms with Crippen LogP contribution in [-0.4, -0.2) is 33.6 Å². The van der Waals surface area contributed by atoms with Crippen LogP contribution >= 0.6 is 0 Å². The number of aromatic nitrogens is 3. The summed E-state index contributed by atoms with van der Waals surface area (Å²) in [7, 11) is 3.38. The Labute approximate surface area is 194 Å². The van der Waals surface area contributed by atoms with Gasteiger partial charge in [0.1, 0.15) is 5.75 Å². The predicted octanol–water partition coefficient (Wildman–Crippen LogP) is 3.65. The predicted molar refractivity (Wildman–Crippen MR) is 132 cm³/mol. The number of carbonyl (C=O) groups is 1. The van der Waals surface area contributed by atoms with Crippen LogP contribution in [0.2, 0.25) is 0 Å². The lowest BCUT2D eigenvalue weighted by atomic mass is 10.2. The molecule has 34 heavy (non-hydrogen) atoms.